The van der Waals surface area contributed by atoms with Gasteiger partial charge < -0.3 is 10.1 Å². The van der Waals surface area contributed by atoms with Gasteiger partial charge in [-0.1, -0.05) is 36.4 Å². The second-order valence-corrected chi connectivity index (χ2v) is 6.95. The molecule has 3 rings (SSSR count). The van der Waals surface area contributed by atoms with Crippen molar-refractivity contribution >= 4 is 5.91 Å². The van der Waals surface area contributed by atoms with Gasteiger partial charge in [-0.25, -0.2) is 0 Å². The molecular formula is C22H27NO2. The number of amides is 1. The molecule has 2 atom stereocenters. The zero-order valence-electron chi connectivity index (χ0n) is 15.3. The first-order chi connectivity index (χ1) is 12.1. The second-order valence-electron chi connectivity index (χ2n) is 6.95. The maximum Gasteiger partial charge on any atom is 0.261 e. The molecule has 1 aliphatic rings. The first kappa shape index (κ1) is 17.5. The molecule has 132 valence electrons. The molecule has 25 heavy (non-hydrogen) atoms. The Bertz CT molecular complexity index is 753. The number of aryl methyl sites for hydroxylation is 2. The van der Waals surface area contributed by atoms with Gasteiger partial charge in [-0.05, 0) is 74.8 Å². The van der Waals surface area contributed by atoms with Crippen LogP contribution in [-0.2, 0) is 17.6 Å². The highest BCUT2D eigenvalue weighted by atomic mass is 16.5. The molecule has 3 heteroatoms. The monoisotopic (exact) mass is 337 g/mol. The van der Waals surface area contributed by atoms with Gasteiger partial charge in [0.1, 0.15) is 5.75 Å². The van der Waals surface area contributed by atoms with E-state index in [-0.39, 0.29) is 11.9 Å². The van der Waals surface area contributed by atoms with Gasteiger partial charge in [-0.3, -0.25) is 4.79 Å². The van der Waals surface area contributed by atoms with Gasteiger partial charge in [0.05, 0.1) is 6.04 Å². The van der Waals surface area contributed by atoms with Crippen molar-refractivity contribution < 1.29 is 9.53 Å². The smallest absolute Gasteiger partial charge is 0.261 e. The zero-order valence-corrected chi connectivity index (χ0v) is 15.3. The summed E-state index contributed by atoms with van der Waals surface area (Å²) >= 11 is 0. The van der Waals surface area contributed by atoms with Crippen molar-refractivity contribution in [3.63, 3.8) is 0 Å². The van der Waals surface area contributed by atoms with Crippen LogP contribution in [0.25, 0.3) is 0 Å². The highest BCUT2D eigenvalue weighted by Crippen LogP contribution is 2.30. The summed E-state index contributed by atoms with van der Waals surface area (Å²) in [5, 5.41) is 3.07. The summed E-state index contributed by atoms with van der Waals surface area (Å²) in [6.45, 7) is 5.90. The molecule has 2 aromatic rings. The molecule has 1 amide bonds. The lowest BCUT2D eigenvalue weighted by molar-refractivity contribution is -0.127. The average molecular weight is 337 g/mol. The summed E-state index contributed by atoms with van der Waals surface area (Å²) in [5.74, 6) is 0.785. The van der Waals surface area contributed by atoms with Crippen molar-refractivity contribution in [3.8, 4) is 5.75 Å². The van der Waals surface area contributed by atoms with Crippen LogP contribution < -0.4 is 10.1 Å². The first-order valence-electron chi connectivity index (χ1n) is 9.19. The Balaban J connectivity index is 1.66. The number of rotatable bonds is 5. The Morgan fingerprint density at radius 3 is 2.60 bits per heavy atom. The van der Waals surface area contributed by atoms with Gasteiger partial charge in [-0.15, -0.1) is 0 Å². The van der Waals surface area contributed by atoms with Crippen LogP contribution in [0, 0.1) is 6.92 Å². The molecule has 0 heterocycles. The molecule has 3 nitrogen and oxygen atoms in total. The van der Waals surface area contributed by atoms with E-state index in [1.807, 2.05) is 38.1 Å². The fourth-order valence-corrected chi connectivity index (χ4v) is 3.58. The summed E-state index contributed by atoms with van der Waals surface area (Å²) in [5.41, 5.74) is 4.96. The maximum absolute atomic E-state index is 12.6. The number of hydrogen-bond donors (Lipinski definition) is 1. The van der Waals surface area contributed by atoms with Crippen LogP contribution >= 0.6 is 0 Å². The minimum Gasteiger partial charge on any atom is -0.481 e. The normalized spacial score (nSPS) is 15.8. The molecule has 0 aromatic heterocycles. The predicted molar refractivity (Wildman–Crippen MR) is 101 cm³/mol. The Kier molecular flexibility index (Phi) is 5.42. The average Bonchev–Trinajstić information content (AvgIpc) is 2.62. The first-order valence-corrected chi connectivity index (χ1v) is 9.19. The molecular weight excluding hydrogens is 310 g/mol. The molecule has 0 fully saturated rings. The van der Waals surface area contributed by atoms with E-state index in [1.54, 1.807) is 0 Å². The van der Waals surface area contributed by atoms with Crippen molar-refractivity contribution in [3.05, 3.63) is 64.7 Å². The van der Waals surface area contributed by atoms with Crippen molar-refractivity contribution in [2.24, 2.45) is 0 Å². The number of nitrogens with one attached hydrogen (secondary N) is 1. The van der Waals surface area contributed by atoms with Gasteiger partial charge in [-0.2, -0.15) is 0 Å². The van der Waals surface area contributed by atoms with E-state index < -0.39 is 6.10 Å². The fourth-order valence-electron chi connectivity index (χ4n) is 3.58. The third kappa shape index (κ3) is 4.04. The summed E-state index contributed by atoms with van der Waals surface area (Å²) in [6, 6.07) is 14.3. The van der Waals surface area contributed by atoms with Crippen LogP contribution in [0.5, 0.6) is 5.75 Å². The number of carbonyl (C=O) groups is 1. The molecule has 2 aromatic carbocycles. The Morgan fingerprint density at radius 2 is 1.80 bits per heavy atom. The van der Waals surface area contributed by atoms with Gasteiger partial charge in [0.25, 0.3) is 5.91 Å². The second kappa shape index (κ2) is 7.73. The SMILES string of the molecule is Cc1ccccc1[C@@H](C)NC(=O)[C@H](C)Oc1cccc2c1CCCC2. The van der Waals surface area contributed by atoms with Crippen molar-refractivity contribution in [1.82, 2.24) is 5.32 Å². The molecule has 0 unspecified atom stereocenters. The van der Waals surface area contributed by atoms with Gasteiger partial charge in [0.2, 0.25) is 0 Å². The number of fused-ring (bicyclic) bond motifs is 1. The quantitative estimate of drug-likeness (QED) is 0.871. The minimum atomic E-state index is -0.514. The van der Waals surface area contributed by atoms with Crippen LogP contribution in [-0.4, -0.2) is 12.0 Å². The molecule has 0 aliphatic heterocycles. The Labute approximate surface area is 150 Å². The van der Waals surface area contributed by atoms with E-state index in [1.165, 1.54) is 29.5 Å². The third-order valence-corrected chi connectivity index (χ3v) is 5.04. The molecule has 0 bridgehead atoms. The van der Waals surface area contributed by atoms with Crippen LogP contribution in [0.15, 0.2) is 42.5 Å². The number of benzene rings is 2. The lowest BCUT2D eigenvalue weighted by atomic mass is 9.91. The Hall–Kier alpha value is -2.29. The van der Waals surface area contributed by atoms with Crippen LogP contribution in [0.3, 0.4) is 0 Å². The number of hydrogen-bond acceptors (Lipinski definition) is 2. The van der Waals surface area contributed by atoms with Gasteiger partial charge >= 0.3 is 0 Å². The summed E-state index contributed by atoms with van der Waals surface area (Å²) in [6.07, 6.45) is 4.06. The molecule has 0 saturated heterocycles. The topological polar surface area (TPSA) is 38.3 Å². The maximum atomic E-state index is 12.6. The lowest BCUT2D eigenvalue weighted by Crippen LogP contribution is -2.38. The van der Waals surface area contributed by atoms with Crippen LogP contribution in [0.2, 0.25) is 0 Å². The Morgan fingerprint density at radius 1 is 1.04 bits per heavy atom. The van der Waals surface area contributed by atoms with Crippen LogP contribution in [0.1, 0.15) is 55.0 Å². The van der Waals surface area contributed by atoms with Crippen molar-refractivity contribution in [2.45, 2.75) is 58.6 Å². The predicted octanol–water partition coefficient (Wildman–Crippen LogP) is 4.52. The van der Waals surface area contributed by atoms with E-state index in [2.05, 4.69) is 30.4 Å². The van der Waals surface area contributed by atoms with Crippen molar-refractivity contribution in [2.75, 3.05) is 0 Å². The largest absolute Gasteiger partial charge is 0.481 e. The minimum absolute atomic E-state index is 0.0376. The molecule has 1 N–H and O–H groups in total. The van der Waals surface area contributed by atoms with Crippen LogP contribution in [0.4, 0.5) is 0 Å². The number of ether oxygens (including phenoxy) is 1. The van der Waals surface area contributed by atoms with Gasteiger partial charge in [0, 0.05) is 0 Å². The third-order valence-electron chi connectivity index (χ3n) is 5.04. The summed E-state index contributed by atoms with van der Waals surface area (Å²) in [4.78, 5) is 12.6. The van der Waals surface area contributed by atoms with E-state index in [0.717, 1.165) is 24.2 Å². The molecule has 1 aliphatic carbocycles. The van der Waals surface area contributed by atoms with E-state index >= 15 is 0 Å². The highest BCUT2D eigenvalue weighted by Gasteiger charge is 2.21. The van der Waals surface area contributed by atoms with Gasteiger partial charge in [0.15, 0.2) is 6.10 Å². The molecule has 0 saturated carbocycles. The summed E-state index contributed by atoms with van der Waals surface area (Å²) < 4.78 is 6.03. The summed E-state index contributed by atoms with van der Waals surface area (Å²) in [7, 11) is 0. The lowest BCUT2D eigenvalue weighted by Gasteiger charge is -2.23. The van der Waals surface area contributed by atoms with E-state index in [4.69, 9.17) is 4.74 Å². The zero-order chi connectivity index (χ0) is 17.8. The molecule has 0 spiro atoms. The van der Waals surface area contributed by atoms with Crippen molar-refractivity contribution in [1.29, 1.82) is 0 Å². The highest BCUT2D eigenvalue weighted by molar-refractivity contribution is 5.81. The number of carbonyl (C=O) groups excluding carboxylic acids is 1. The van der Waals surface area contributed by atoms with E-state index in [0.29, 0.717) is 0 Å². The fraction of sp³-hybridized carbons (Fsp3) is 0.409. The molecule has 0 radical (unpaired) electrons. The van der Waals surface area contributed by atoms with E-state index in [9.17, 15) is 4.79 Å². The standard InChI is InChI=1S/C22H27NO2/c1-15-9-4-6-12-19(15)16(2)23-22(24)17(3)25-21-14-8-11-18-10-5-7-13-20(18)21/h4,6,8-9,11-12,14,16-17H,5,7,10,13H2,1-3H3,(H,23,24)/t16-,17+/m1/s1.